The molecule has 1 atom stereocenters. The molecule has 0 amide bonds. The van der Waals surface area contributed by atoms with Gasteiger partial charge in [0.2, 0.25) is 0 Å². The fourth-order valence-corrected chi connectivity index (χ4v) is 4.46. The summed E-state index contributed by atoms with van der Waals surface area (Å²) in [6, 6.07) is 11.8. The Morgan fingerprint density at radius 1 is 1.16 bits per heavy atom. The first-order valence-corrected chi connectivity index (χ1v) is 12.7. The summed E-state index contributed by atoms with van der Waals surface area (Å²) in [6.45, 7) is 5.79. The molecule has 1 aliphatic rings. The highest BCUT2D eigenvalue weighted by atomic mass is 19.1. The van der Waals surface area contributed by atoms with Crippen molar-refractivity contribution >= 4 is 0 Å². The van der Waals surface area contributed by atoms with Gasteiger partial charge in [0.1, 0.15) is 29.6 Å². The lowest BCUT2D eigenvalue weighted by Gasteiger charge is -2.30. The van der Waals surface area contributed by atoms with Gasteiger partial charge in [-0.3, -0.25) is 4.90 Å². The molecule has 1 aromatic heterocycles. The molecule has 4 rings (SSSR count). The molecule has 0 aliphatic carbocycles. The molecule has 1 saturated heterocycles. The van der Waals surface area contributed by atoms with E-state index in [2.05, 4.69) is 21.4 Å². The summed E-state index contributed by atoms with van der Waals surface area (Å²) in [7, 11) is 1.63. The van der Waals surface area contributed by atoms with Crippen molar-refractivity contribution in [2.75, 3.05) is 46.6 Å². The van der Waals surface area contributed by atoms with E-state index in [-0.39, 0.29) is 19.0 Å². The number of methoxy groups -OCH3 is 1. The van der Waals surface area contributed by atoms with E-state index in [1.165, 1.54) is 12.1 Å². The summed E-state index contributed by atoms with van der Waals surface area (Å²) in [5.74, 6) is 2.44. The van der Waals surface area contributed by atoms with Crippen LogP contribution in [0.3, 0.4) is 0 Å². The fraction of sp³-hybridized carbons (Fsp3) is 0.464. The normalized spacial score (nSPS) is 18.4. The molecule has 200 valence electrons. The molecule has 9 heteroatoms. The Kier molecular flexibility index (Phi) is 9.38. The predicted molar refractivity (Wildman–Crippen MR) is 138 cm³/mol. The topological polar surface area (TPSA) is 78.2 Å². The quantitative estimate of drug-likeness (QED) is 0.370. The van der Waals surface area contributed by atoms with Gasteiger partial charge in [-0.25, -0.2) is 9.37 Å². The number of rotatable bonds is 12. The Morgan fingerprint density at radius 3 is 2.86 bits per heavy atom. The van der Waals surface area contributed by atoms with E-state index in [1.54, 1.807) is 19.2 Å². The lowest BCUT2D eigenvalue weighted by molar-refractivity contribution is -0.0647. The lowest BCUT2D eigenvalue weighted by atomic mass is 10.1. The predicted octanol–water partition coefficient (Wildman–Crippen LogP) is 3.70. The van der Waals surface area contributed by atoms with Crippen LogP contribution in [0.25, 0.3) is 0 Å². The SMILES string of the molecule is CCc1nccn1CCCOc1ccc(CN2CCOCC(O)(COc3cccc(F)c3)C2)cc1OC. The van der Waals surface area contributed by atoms with Gasteiger partial charge in [0.05, 0.1) is 26.9 Å². The molecule has 1 aliphatic heterocycles. The number of aryl methyl sites for hydroxylation is 2. The van der Waals surface area contributed by atoms with Gasteiger partial charge in [0.25, 0.3) is 0 Å². The van der Waals surface area contributed by atoms with Crippen molar-refractivity contribution in [1.82, 2.24) is 14.5 Å². The van der Waals surface area contributed by atoms with Gasteiger partial charge >= 0.3 is 0 Å². The molecule has 3 aromatic rings. The van der Waals surface area contributed by atoms with E-state index >= 15 is 0 Å². The lowest BCUT2D eigenvalue weighted by Crippen LogP contribution is -2.48. The number of nitrogens with zero attached hydrogens (tertiary/aromatic N) is 3. The monoisotopic (exact) mass is 513 g/mol. The maximum Gasteiger partial charge on any atom is 0.161 e. The third-order valence-electron chi connectivity index (χ3n) is 6.30. The maximum atomic E-state index is 13.5. The van der Waals surface area contributed by atoms with Gasteiger partial charge < -0.3 is 28.6 Å². The summed E-state index contributed by atoms with van der Waals surface area (Å²) in [6.07, 6.45) is 5.59. The number of benzene rings is 2. The second kappa shape index (κ2) is 12.9. The van der Waals surface area contributed by atoms with E-state index in [0.29, 0.717) is 50.1 Å². The van der Waals surface area contributed by atoms with Crippen LogP contribution in [0.15, 0.2) is 54.9 Å². The van der Waals surface area contributed by atoms with E-state index in [1.807, 2.05) is 30.6 Å². The molecule has 0 spiro atoms. The Hall–Kier alpha value is -3.14. The molecule has 0 saturated carbocycles. The molecule has 1 unspecified atom stereocenters. The van der Waals surface area contributed by atoms with Crippen molar-refractivity contribution < 1.29 is 28.4 Å². The van der Waals surface area contributed by atoms with E-state index in [9.17, 15) is 9.50 Å². The van der Waals surface area contributed by atoms with Crippen LogP contribution >= 0.6 is 0 Å². The minimum absolute atomic E-state index is 0.00186. The van der Waals surface area contributed by atoms with Crippen LogP contribution in [0.4, 0.5) is 4.39 Å². The van der Waals surface area contributed by atoms with Crippen LogP contribution in [0.1, 0.15) is 24.7 Å². The summed E-state index contributed by atoms with van der Waals surface area (Å²) >= 11 is 0. The second-order valence-electron chi connectivity index (χ2n) is 9.31. The van der Waals surface area contributed by atoms with E-state index < -0.39 is 5.60 Å². The zero-order valence-corrected chi connectivity index (χ0v) is 21.6. The van der Waals surface area contributed by atoms with Crippen LogP contribution in [0, 0.1) is 5.82 Å². The number of aliphatic hydroxyl groups is 1. The smallest absolute Gasteiger partial charge is 0.161 e. The summed E-state index contributed by atoms with van der Waals surface area (Å²) in [5, 5.41) is 11.2. The molecule has 8 nitrogen and oxygen atoms in total. The standard InChI is InChI=1S/C28H36FN3O5/c1-3-27-30-10-12-32(27)11-5-14-36-25-9-8-22(16-26(25)34-2)18-31-13-15-35-20-28(33,19-31)21-37-24-7-4-6-23(29)17-24/h4,6-10,12,16-17,33H,3,5,11,13-15,18-21H2,1-2H3. The number of ether oxygens (including phenoxy) is 4. The first kappa shape index (κ1) is 26.9. The summed E-state index contributed by atoms with van der Waals surface area (Å²) in [5.41, 5.74) is -0.187. The van der Waals surface area contributed by atoms with E-state index in [4.69, 9.17) is 18.9 Å². The minimum Gasteiger partial charge on any atom is -0.493 e. The van der Waals surface area contributed by atoms with Crippen molar-refractivity contribution in [2.24, 2.45) is 0 Å². The molecule has 0 bridgehead atoms. The molecule has 0 radical (unpaired) electrons. The summed E-state index contributed by atoms with van der Waals surface area (Å²) < 4.78 is 38.5. The largest absolute Gasteiger partial charge is 0.493 e. The van der Waals surface area contributed by atoms with Crippen LogP contribution < -0.4 is 14.2 Å². The molecule has 1 N–H and O–H groups in total. The first-order valence-electron chi connectivity index (χ1n) is 12.7. The number of imidazole rings is 1. The number of β-amino-alcohol motifs (C(OH)–C–C–N with tert-alkyl or cyclic N) is 1. The van der Waals surface area contributed by atoms with Crippen molar-refractivity contribution in [2.45, 2.75) is 38.5 Å². The molecule has 1 fully saturated rings. The number of halogens is 1. The zero-order valence-electron chi connectivity index (χ0n) is 21.6. The van der Waals surface area contributed by atoms with Crippen molar-refractivity contribution in [3.8, 4) is 17.2 Å². The third-order valence-corrected chi connectivity index (χ3v) is 6.30. The number of hydrogen-bond acceptors (Lipinski definition) is 7. The highest BCUT2D eigenvalue weighted by Crippen LogP contribution is 2.29. The average Bonchev–Trinajstić information content (AvgIpc) is 3.27. The maximum absolute atomic E-state index is 13.5. The fourth-order valence-electron chi connectivity index (χ4n) is 4.46. The molecule has 2 aromatic carbocycles. The second-order valence-corrected chi connectivity index (χ2v) is 9.31. The average molecular weight is 514 g/mol. The van der Waals surface area contributed by atoms with Crippen molar-refractivity contribution in [3.63, 3.8) is 0 Å². The van der Waals surface area contributed by atoms with Crippen LogP contribution in [-0.2, 0) is 24.2 Å². The minimum atomic E-state index is -1.22. The van der Waals surface area contributed by atoms with Gasteiger partial charge in [0.15, 0.2) is 11.5 Å². The summed E-state index contributed by atoms with van der Waals surface area (Å²) in [4.78, 5) is 6.47. The van der Waals surface area contributed by atoms with Crippen LogP contribution in [0.5, 0.6) is 17.2 Å². The van der Waals surface area contributed by atoms with Crippen molar-refractivity contribution in [3.05, 3.63) is 72.1 Å². The molecular formula is C28H36FN3O5. The van der Waals surface area contributed by atoms with Gasteiger partial charge in [-0.1, -0.05) is 19.1 Å². The van der Waals surface area contributed by atoms with Gasteiger partial charge in [-0.05, 0) is 36.2 Å². The highest BCUT2D eigenvalue weighted by molar-refractivity contribution is 5.43. The Balaban J connectivity index is 1.31. The number of aromatic nitrogens is 2. The highest BCUT2D eigenvalue weighted by Gasteiger charge is 2.33. The third kappa shape index (κ3) is 7.67. The van der Waals surface area contributed by atoms with Crippen LogP contribution in [-0.4, -0.2) is 71.8 Å². The number of hydrogen-bond donors (Lipinski definition) is 1. The van der Waals surface area contributed by atoms with Gasteiger partial charge in [-0.2, -0.15) is 0 Å². The zero-order chi connectivity index (χ0) is 26.1. The van der Waals surface area contributed by atoms with Crippen molar-refractivity contribution in [1.29, 1.82) is 0 Å². The first-order chi connectivity index (χ1) is 18.0. The molecule has 2 heterocycles. The van der Waals surface area contributed by atoms with Gasteiger partial charge in [0, 0.05) is 51.1 Å². The van der Waals surface area contributed by atoms with Gasteiger partial charge in [-0.15, -0.1) is 0 Å². The van der Waals surface area contributed by atoms with Crippen LogP contribution in [0.2, 0.25) is 0 Å². The molecule has 37 heavy (non-hydrogen) atoms. The Bertz CT molecular complexity index is 1140. The Morgan fingerprint density at radius 2 is 2.05 bits per heavy atom. The van der Waals surface area contributed by atoms with E-state index in [0.717, 1.165) is 30.8 Å². The Labute approximate surface area is 217 Å². The molecular weight excluding hydrogens is 477 g/mol.